The normalized spacial score (nSPS) is 11.4. The van der Waals surface area contributed by atoms with E-state index in [2.05, 4.69) is 44.9 Å². The number of carbonyl (C=O) groups is 1. The summed E-state index contributed by atoms with van der Waals surface area (Å²) in [5.41, 5.74) is 14.1. The zero-order valence-electron chi connectivity index (χ0n) is 19.7. The fraction of sp³-hybridized carbons (Fsp3) is 0.0500. The molecule has 6 N–H and O–H groups in total. The summed E-state index contributed by atoms with van der Waals surface area (Å²) in [6.07, 6.45) is 5.52. The number of fused-ring (bicyclic) bond motifs is 3. The molecule has 0 atom stereocenters. The Labute approximate surface area is 217 Å². The van der Waals surface area contributed by atoms with Gasteiger partial charge in [-0.05, 0) is 0 Å². The highest BCUT2D eigenvalue weighted by atomic mass is 16.7. The average molecular weight is 543 g/mol. The Hall–Kier alpha value is -6.47. The fourth-order valence-corrected chi connectivity index (χ4v) is 3.93. The van der Waals surface area contributed by atoms with Crippen LogP contribution in [0.25, 0.3) is 33.5 Å². The van der Waals surface area contributed by atoms with Gasteiger partial charge < -0.3 is 22.0 Å². The zero-order valence-corrected chi connectivity index (χ0v) is 19.7. The largest absolute Gasteiger partial charge is 0.376 e. The molecule has 0 aliphatic rings. The van der Waals surface area contributed by atoms with Gasteiger partial charge in [0.25, 0.3) is 0 Å². The molecule has 0 saturated carbocycles. The molecule has 20 heteroatoms. The molecule has 20 nitrogen and oxygen atoms in total. The van der Waals surface area contributed by atoms with Crippen LogP contribution in [0.2, 0.25) is 0 Å². The van der Waals surface area contributed by atoms with Gasteiger partial charge in [0, 0.05) is 37.2 Å². The molecule has 0 amide bonds. The summed E-state index contributed by atoms with van der Waals surface area (Å²) in [5, 5.41) is 0. The molecular formula is C20H13N15O5. The van der Waals surface area contributed by atoms with Gasteiger partial charge in [-0.15, -0.1) is 4.73 Å². The standard InChI is InChI=1S/C20H13N15O5/c21-18-30-13(36)7-10(27-4-1-24-7)33(18)16(34-11-8(25-2-5-28-11)14(37)31-19(34)22)17(39)40-35-12-9(26-3-6-29-12)15(38)32-20(35)23/h1-6,16H,(H2,21,30,36)(H2,22,31,37)(H2,23,32,38). The lowest BCUT2D eigenvalue weighted by atomic mass is 10.3. The molecule has 0 aliphatic carbocycles. The third kappa shape index (κ3) is 3.59. The Kier molecular flexibility index (Phi) is 5.27. The molecule has 0 aliphatic heterocycles. The minimum Gasteiger partial charge on any atom is -0.369 e. The molecule has 6 aromatic heterocycles. The molecule has 40 heavy (non-hydrogen) atoms. The number of carbonyl (C=O) groups excluding carboxylic acids is 1. The molecule has 0 bridgehead atoms. The smallest absolute Gasteiger partial charge is 0.369 e. The summed E-state index contributed by atoms with van der Waals surface area (Å²) in [4.78, 5) is 92.1. The summed E-state index contributed by atoms with van der Waals surface area (Å²) in [5.74, 6) is -2.84. The monoisotopic (exact) mass is 543 g/mol. The highest BCUT2D eigenvalue weighted by molar-refractivity contribution is 5.83. The summed E-state index contributed by atoms with van der Waals surface area (Å²) in [7, 11) is 0. The molecule has 6 rings (SSSR count). The molecule has 0 aromatic carbocycles. The van der Waals surface area contributed by atoms with E-state index in [4.69, 9.17) is 22.0 Å². The van der Waals surface area contributed by atoms with Crippen molar-refractivity contribution in [2.75, 3.05) is 17.2 Å². The number of aromatic nitrogens is 12. The number of anilines is 3. The van der Waals surface area contributed by atoms with Crippen LogP contribution in [0.5, 0.6) is 0 Å². The minimum absolute atomic E-state index is 0.215. The Morgan fingerprint density at radius 1 is 0.600 bits per heavy atom. The maximum absolute atomic E-state index is 14.0. The van der Waals surface area contributed by atoms with Crippen LogP contribution in [-0.2, 0) is 4.79 Å². The number of hydrogen-bond acceptors (Lipinski definition) is 17. The number of nitrogens with zero attached hydrogens (tertiary/aromatic N) is 12. The lowest BCUT2D eigenvalue weighted by molar-refractivity contribution is -0.148. The van der Waals surface area contributed by atoms with Crippen molar-refractivity contribution in [1.29, 1.82) is 0 Å². The molecule has 0 spiro atoms. The van der Waals surface area contributed by atoms with E-state index in [-0.39, 0.29) is 33.5 Å². The first-order valence-corrected chi connectivity index (χ1v) is 10.9. The average Bonchev–Trinajstić information content (AvgIpc) is 2.94. The fourth-order valence-electron chi connectivity index (χ4n) is 3.93. The van der Waals surface area contributed by atoms with Gasteiger partial charge in [-0.3, -0.25) is 23.5 Å². The molecule has 0 unspecified atom stereocenters. The molecule has 6 heterocycles. The second kappa shape index (κ2) is 8.83. The second-order valence-corrected chi connectivity index (χ2v) is 7.83. The van der Waals surface area contributed by atoms with Crippen LogP contribution < -0.4 is 38.7 Å². The molecule has 6 aromatic rings. The maximum Gasteiger partial charge on any atom is 0.376 e. The molecule has 0 fully saturated rings. The van der Waals surface area contributed by atoms with E-state index in [0.29, 0.717) is 4.73 Å². The lowest BCUT2D eigenvalue weighted by Crippen LogP contribution is -2.40. The highest BCUT2D eigenvalue weighted by Crippen LogP contribution is 2.24. The van der Waals surface area contributed by atoms with Crippen molar-refractivity contribution in [2.45, 2.75) is 6.17 Å². The van der Waals surface area contributed by atoms with Gasteiger partial charge in [0.2, 0.25) is 29.7 Å². The Morgan fingerprint density at radius 3 is 1.45 bits per heavy atom. The van der Waals surface area contributed by atoms with Gasteiger partial charge in [-0.1, -0.05) is 0 Å². The van der Waals surface area contributed by atoms with Crippen LogP contribution in [0.1, 0.15) is 6.17 Å². The van der Waals surface area contributed by atoms with Crippen molar-refractivity contribution in [3.8, 4) is 0 Å². The van der Waals surface area contributed by atoms with Gasteiger partial charge in [0.1, 0.15) is 0 Å². The number of rotatable bonds is 4. The molecule has 198 valence electrons. The predicted molar refractivity (Wildman–Crippen MR) is 134 cm³/mol. The van der Waals surface area contributed by atoms with Crippen molar-refractivity contribution in [3.05, 3.63) is 68.2 Å². The van der Waals surface area contributed by atoms with E-state index in [1.54, 1.807) is 0 Å². The number of nitrogen functional groups attached to an aromatic ring is 3. The van der Waals surface area contributed by atoms with Crippen molar-refractivity contribution in [1.82, 2.24) is 58.7 Å². The van der Waals surface area contributed by atoms with Crippen LogP contribution >= 0.6 is 0 Å². The zero-order chi connectivity index (χ0) is 28.1. The summed E-state index contributed by atoms with van der Waals surface area (Å²) >= 11 is 0. The highest BCUT2D eigenvalue weighted by Gasteiger charge is 2.34. The van der Waals surface area contributed by atoms with E-state index >= 15 is 0 Å². The van der Waals surface area contributed by atoms with Crippen molar-refractivity contribution >= 4 is 57.3 Å². The Balaban J connectivity index is 1.68. The van der Waals surface area contributed by atoms with Gasteiger partial charge in [0.05, 0.1) is 0 Å². The van der Waals surface area contributed by atoms with Crippen LogP contribution in [0, 0.1) is 0 Å². The summed E-state index contributed by atoms with van der Waals surface area (Å²) in [6, 6.07) is 0. The van der Waals surface area contributed by atoms with Gasteiger partial charge >= 0.3 is 22.6 Å². The van der Waals surface area contributed by atoms with Crippen molar-refractivity contribution < 1.29 is 9.63 Å². The molecule has 0 radical (unpaired) electrons. The SMILES string of the molecule is Nc1nc(=O)c2nccnc2n1OC(=O)C(n1c(N)nc(=O)c2nccnc21)n1c(N)nc(=O)c2nccnc21. The van der Waals surface area contributed by atoms with Gasteiger partial charge in [-0.2, -0.15) is 15.0 Å². The summed E-state index contributed by atoms with van der Waals surface area (Å²) < 4.78 is 2.57. The van der Waals surface area contributed by atoms with E-state index in [9.17, 15) is 19.2 Å². The first-order valence-electron chi connectivity index (χ1n) is 10.9. The third-order valence-electron chi connectivity index (χ3n) is 5.52. The van der Waals surface area contributed by atoms with Crippen LogP contribution in [0.15, 0.2) is 51.6 Å². The Bertz CT molecular complexity index is 2090. The number of hydrogen-bond donors (Lipinski definition) is 3. The van der Waals surface area contributed by atoms with E-state index in [1.807, 2.05) is 0 Å². The first kappa shape index (κ1) is 23.9. The van der Waals surface area contributed by atoms with Crippen molar-refractivity contribution in [3.63, 3.8) is 0 Å². The topological polar surface area (TPSA) is 286 Å². The maximum atomic E-state index is 14.0. The summed E-state index contributed by atoms with van der Waals surface area (Å²) in [6.45, 7) is 0. The van der Waals surface area contributed by atoms with Gasteiger partial charge in [0.15, 0.2) is 27.8 Å². The predicted octanol–water partition coefficient (Wildman–Crippen LogP) is -3.36. The van der Waals surface area contributed by atoms with Crippen LogP contribution in [0.4, 0.5) is 17.8 Å². The second-order valence-electron chi connectivity index (χ2n) is 7.83. The van der Waals surface area contributed by atoms with Crippen LogP contribution in [0.3, 0.4) is 0 Å². The molecule has 0 saturated heterocycles. The lowest BCUT2D eigenvalue weighted by Gasteiger charge is -2.25. The quantitative estimate of drug-likeness (QED) is 0.195. The van der Waals surface area contributed by atoms with Crippen molar-refractivity contribution in [2.24, 2.45) is 0 Å². The van der Waals surface area contributed by atoms with E-state index in [1.165, 1.54) is 37.2 Å². The van der Waals surface area contributed by atoms with E-state index in [0.717, 1.165) is 9.13 Å². The van der Waals surface area contributed by atoms with Gasteiger partial charge in [-0.25, -0.2) is 34.7 Å². The first-order chi connectivity index (χ1) is 19.3. The Morgan fingerprint density at radius 2 is 0.975 bits per heavy atom. The van der Waals surface area contributed by atoms with E-state index < -0.39 is 46.7 Å². The number of nitrogens with two attached hydrogens (primary N) is 3. The minimum atomic E-state index is -1.86. The van der Waals surface area contributed by atoms with Crippen LogP contribution in [-0.4, -0.2) is 64.7 Å². The third-order valence-corrected chi connectivity index (χ3v) is 5.52. The molecular weight excluding hydrogens is 530 g/mol.